The second-order valence-electron chi connectivity index (χ2n) is 9.92. The molecule has 0 bridgehead atoms. The van der Waals surface area contributed by atoms with Crippen molar-refractivity contribution < 1.29 is 14.3 Å². The first-order valence-corrected chi connectivity index (χ1v) is 10.9. The van der Waals surface area contributed by atoms with E-state index in [1.807, 2.05) is 6.92 Å². The quantitative estimate of drug-likeness (QED) is 0.754. The Balaban J connectivity index is 1.49. The minimum atomic E-state index is -0.00943. The SMILES string of the molecule is C[C@H]1[C@@H]2[C@H]3OC(=O)[C@@H](C)[C@@H]3CC[C@@]2(C)CC[C@@H]1NC(=O)C1CCCCC1. The number of carbonyl (C=O) groups is 2. The Morgan fingerprint density at radius 2 is 1.77 bits per heavy atom. The number of fused-ring (bicyclic) bond motifs is 3. The van der Waals surface area contributed by atoms with Gasteiger partial charge in [-0.15, -0.1) is 0 Å². The minimum absolute atomic E-state index is 0.00943. The van der Waals surface area contributed by atoms with Crippen LogP contribution in [0.4, 0.5) is 0 Å². The Labute approximate surface area is 157 Å². The fourth-order valence-corrected chi connectivity index (χ4v) is 6.69. The highest BCUT2D eigenvalue weighted by Crippen LogP contribution is 2.57. The van der Waals surface area contributed by atoms with E-state index in [1.54, 1.807) is 0 Å². The zero-order valence-electron chi connectivity index (χ0n) is 16.6. The van der Waals surface area contributed by atoms with Crippen molar-refractivity contribution in [2.75, 3.05) is 0 Å². The van der Waals surface area contributed by atoms with Crippen LogP contribution in [0.1, 0.15) is 78.6 Å². The van der Waals surface area contributed by atoms with Crippen molar-refractivity contribution >= 4 is 11.9 Å². The first-order chi connectivity index (χ1) is 12.4. The average Bonchev–Trinajstić information content (AvgIpc) is 2.92. The van der Waals surface area contributed by atoms with E-state index in [4.69, 9.17) is 4.74 Å². The molecular formula is C22H35NO3. The molecular weight excluding hydrogens is 326 g/mol. The summed E-state index contributed by atoms with van der Waals surface area (Å²) >= 11 is 0. The fourth-order valence-electron chi connectivity index (χ4n) is 6.69. The van der Waals surface area contributed by atoms with Crippen molar-refractivity contribution in [1.29, 1.82) is 0 Å². The summed E-state index contributed by atoms with van der Waals surface area (Å²) in [6.07, 6.45) is 10.3. The van der Waals surface area contributed by atoms with Crippen LogP contribution in [0.25, 0.3) is 0 Å². The van der Waals surface area contributed by atoms with Gasteiger partial charge in [0.1, 0.15) is 6.10 Å². The van der Waals surface area contributed by atoms with E-state index in [-0.39, 0.29) is 41.3 Å². The van der Waals surface area contributed by atoms with Crippen LogP contribution in [-0.4, -0.2) is 24.0 Å². The molecule has 7 atom stereocenters. The zero-order chi connectivity index (χ0) is 18.5. The number of carbonyl (C=O) groups excluding carboxylic acids is 2. The van der Waals surface area contributed by atoms with Gasteiger partial charge in [-0.1, -0.05) is 40.0 Å². The van der Waals surface area contributed by atoms with Crippen molar-refractivity contribution in [2.24, 2.45) is 35.0 Å². The molecule has 0 spiro atoms. The van der Waals surface area contributed by atoms with Gasteiger partial charge in [0.05, 0.1) is 5.92 Å². The van der Waals surface area contributed by atoms with E-state index in [2.05, 4.69) is 19.2 Å². The van der Waals surface area contributed by atoms with Gasteiger partial charge in [0.25, 0.3) is 0 Å². The van der Waals surface area contributed by atoms with Gasteiger partial charge < -0.3 is 10.1 Å². The van der Waals surface area contributed by atoms with E-state index < -0.39 is 0 Å². The highest BCUT2D eigenvalue weighted by molar-refractivity contribution is 5.79. The minimum Gasteiger partial charge on any atom is -0.462 e. The molecule has 1 N–H and O–H groups in total. The van der Waals surface area contributed by atoms with Crippen molar-refractivity contribution in [3.8, 4) is 0 Å². The molecule has 4 rings (SSSR count). The summed E-state index contributed by atoms with van der Waals surface area (Å²) in [4.78, 5) is 25.0. The van der Waals surface area contributed by atoms with Crippen molar-refractivity contribution in [3.05, 3.63) is 0 Å². The summed E-state index contributed by atoms with van der Waals surface area (Å²) < 4.78 is 5.90. The standard InChI is InChI=1S/C22H35NO3/c1-13-16-9-11-22(3)12-10-17(14(2)18(22)19(16)26-21(13)25)23-20(24)15-7-5-4-6-8-15/h13-19H,4-12H2,1-3H3,(H,23,24)/t13-,14+,16-,17-,18+,19-,22-/m0/s1. The van der Waals surface area contributed by atoms with Crippen molar-refractivity contribution in [1.82, 2.24) is 5.32 Å². The molecule has 1 heterocycles. The number of amides is 1. The first kappa shape index (κ1) is 18.3. The fraction of sp³-hybridized carbons (Fsp3) is 0.909. The van der Waals surface area contributed by atoms with E-state index >= 15 is 0 Å². The molecule has 0 aromatic heterocycles. The smallest absolute Gasteiger partial charge is 0.309 e. The molecule has 0 radical (unpaired) electrons. The third kappa shape index (κ3) is 2.97. The molecule has 0 aromatic carbocycles. The van der Waals surface area contributed by atoms with Crippen LogP contribution in [0, 0.1) is 35.0 Å². The van der Waals surface area contributed by atoms with Crippen LogP contribution in [0.15, 0.2) is 0 Å². The summed E-state index contributed by atoms with van der Waals surface area (Å²) in [5.41, 5.74) is 0.247. The lowest BCUT2D eigenvalue weighted by Gasteiger charge is -2.54. The average molecular weight is 362 g/mol. The lowest BCUT2D eigenvalue weighted by atomic mass is 9.52. The monoisotopic (exact) mass is 361 g/mol. The van der Waals surface area contributed by atoms with Crippen LogP contribution >= 0.6 is 0 Å². The van der Waals surface area contributed by atoms with Crippen LogP contribution < -0.4 is 5.32 Å². The molecule has 3 saturated carbocycles. The Morgan fingerprint density at radius 1 is 1.08 bits per heavy atom. The molecule has 4 heteroatoms. The summed E-state index contributed by atoms with van der Waals surface area (Å²) in [7, 11) is 0. The summed E-state index contributed by atoms with van der Waals surface area (Å²) in [6, 6.07) is 0.232. The predicted octanol–water partition coefficient (Wildman–Crippen LogP) is 4.08. The molecule has 0 aromatic rings. The van der Waals surface area contributed by atoms with Crippen molar-refractivity contribution in [3.63, 3.8) is 0 Å². The van der Waals surface area contributed by atoms with Gasteiger partial charge in [-0.2, -0.15) is 0 Å². The molecule has 1 amide bonds. The molecule has 4 fully saturated rings. The summed E-state index contributed by atoms with van der Waals surface area (Å²) in [5, 5.41) is 3.41. The Kier molecular flexibility index (Phi) is 4.81. The zero-order valence-corrected chi connectivity index (χ0v) is 16.6. The van der Waals surface area contributed by atoms with Crippen LogP contribution in [0.5, 0.6) is 0 Å². The van der Waals surface area contributed by atoms with E-state index in [1.165, 1.54) is 25.7 Å². The van der Waals surface area contributed by atoms with Gasteiger partial charge in [-0.05, 0) is 49.9 Å². The molecule has 4 nitrogen and oxygen atoms in total. The molecule has 26 heavy (non-hydrogen) atoms. The topological polar surface area (TPSA) is 55.4 Å². The van der Waals surface area contributed by atoms with Crippen LogP contribution in [-0.2, 0) is 14.3 Å². The molecule has 4 aliphatic rings. The molecule has 0 unspecified atom stereocenters. The maximum atomic E-state index is 12.8. The van der Waals surface area contributed by atoms with E-state index in [0.717, 1.165) is 32.1 Å². The van der Waals surface area contributed by atoms with Gasteiger partial charge in [0.15, 0.2) is 0 Å². The number of hydrogen-bond acceptors (Lipinski definition) is 3. The predicted molar refractivity (Wildman–Crippen MR) is 100 cm³/mol. The van der Waals surface area contributed by atoms with Crippen LogP contribution in [0.2, 0.25) is 0 Å². The van der Waals surface area contributed by atoms with Gasteiger partial charge in [-0.25, -0.2) is 0 Å². The third-order valence-corrected chi connectivity index (χ3v) is 8.43. The molecule has 1 aliphatic heterocycles. The molecule has 1 saturated heterocycles. The normalized spacial score (nSPS) is 46.2. The maximum absolute atomic E-state index is 12.8. The summed E-state index contributed by atoms with van der Waals surface area (Å²) in [6.45, 7) is 6.71. The molecule has 146 valence electrons. The second-order valence-corrected chi connectivity index (χ2v) is 9.92. The molecule has 3 aliphatic carbocycles. The van der Waals surface area contributed by atoms with Gasteiger partial charge in [-0.3, -0.25) is 9.59 Å². The second kappa shape index (κ2) is 6.83. The highest BCUT2D eigenvalue weighted by Gasteiger charge is 2.58. The number of esters is 1. The van der Waals surface area contributed by atoms with Crippen molar-refractivity contribution in [2.45, 2.75) is 90.7 Å². The third-order valence-electron chi connectivity index (χ3n) is 8.43. The van der Waals surface area contributed by atoms with Gasteiger partial charge >= 0.3 is 5.97 Å². The van der Waals surface area contributed by atoms with Crippen LogP contribution in [0.3, 0.4) is 0 Å². The van der Waals surface area contributed by atoms with Gasteiger partial charge in [0, 0.05) is 23.8 Å². The lowest BCUT2D eigenvalue weighted by Crippen LogP contribution is -2.57. The maximum Gasteiger partial charge on any atom is 0.309 e. The highest BCUT2D eigenvalue weighted by atomic mass is 16.6. The van der Waals surface area contributed by atoms with E-state index in [0.29, 0.717) is 17.8 Å². The summed E-state index contributed by atoms with van der Waals surface area (Å²) in [5.74, 6) is 1.63. The van der Waals surface area contributed by atoms with Gasteiger partial charge in [0.2, 0.25) is 5.91 Å². The number of nitrogens with one attached hydrogen (secondary N) is 1. The van der Waals surface area contributed by atoms with E-state index in [9.17, 15) is 9.59 Å². The largest absolute Gasteiger partial charge is 0.462 e. The Morgan fingerprint density at radius 3 is 2.50 bits per heavy atom. The first-order valence-electron chi connectivity index (χ1n) is 10.9. The number of hydrogen-bond donors (Lipinski definition) is 1. The Hall–Kier alpha value is -1.06. The number of ether oxygens (including phenoxy) is 1. The lowest BCUT2D eigenvalue weighted by molar-refractivity contribution is -0.155. The number of rotatable bonds is 2. The Bertz CT molecular complexity index is 570.